The van der Waals surface area contributed by atoms with E-state index in [1.54, 1.807) is 19.3 Å². The number of hydrogen-bond donors (Lipinski definition) is 0. The van der Waals surface area contributed by atoms with Crippen LogP contribution in [-0.4, -0.2) is 0 Å². The summed E-state index contributed by atoms with van der Waals surface area (Å²) in [5.41, 5.74) is 3.82. The topological polar surface area (TPSA) is 0 Å². The molecule has 0 N–H and O–H groups in total. The molecule has 0 bridgehead atoms. The van der Waals surface area contributed by atoms with Crippen molar-refractivity contribution in [1.29, 1.82) is 0 Å². The van der Waals surface area contributed by atoms with E-state index in [0.717, 1.165) is 29.6 Å². The van der Waals surface area contributed by atoms with Crippen LogP contribution in [0.25, 0.3) is 0 Å². The molecule has 3 fully saturated rings. The molecule has 0 aromatic rings. The highest BCUT2D eigenvalue weighted by Crippen LogP contribution is 2.62. The zero-order chi connectivity index (χ0) is 10.7. The van der Waals surface area contributed by atoms with Crippen molar-refractivity contribution >= 4 is 0 Å². The van der Waals surface area contributed by atoms with Crippen LogP contribution in [0.1, 0.15) is 58.3 Å². The van der Waals surface area contributed by atoms with Crippen LogP contribution < -0.4 is 0 Å². The molecule has 0 saturated heterocycles. The summed E-state index contributed by atoms with van der Waals surface area (Å²) in [6.07, 6.45) is 12.2. The average molecular weight is 216 g/mol. The Morgan fingerprint density at radius 1 is 0.938 bits per heavy atom. The van der Waals surface area contributed by atoms with Crippen molar-refractivity contribution in [2.75, 3.05) is 0 Å². The molecule has 0 radical (unpaired) electrons. The van der Waals surface area contributed by atoms with Crippen molar-refractivity contribution in [2.45, 2.75) is 58.3 Å². The Labute approximate surface area is 99.5 Å². The predicted octanol–water partition coefficient (Wildman–Crippen LogP) is 4.56. The molecule has 0 nitrogen and oxygen atoms in total. The first-order chi connectivity index (χ1) is 7.84. The first-order valence-electron chi connectivity index (χ1n) is 7.54. The molecule has 4 rings (SSSR count). The maximum Gasteiger partial charge on any atom is -0.0144 e. The second kappa shape index (κ2) is 3.37. The van der Waals surface area contributed by atoms with E-state index in [0.29, 0.717) is 0 Å². The van der Waals surface area contributed by atoms with Crippen LogP contribution in [0, 0.1) is 29.6 Å². The zero-order valence-electron chi connectivity index (χ0n) is 10.5. The van der Waals surface area contributed by atoms with Gasteiger partial charge >= 0.3 is 0 Å². The van der Waals surface area contributed by atoms with E-state index >= 15 is 0 Å². The monoisotopic (exact) mass is 216 g/mol. The van der Waals surface area contributed by atoms with Gasteiger partial charge in [-0.05, 0) is 81.5 Å². The molecule has 0 aliphatic heterocycles. The third kappa shape index (κ3) is 1.41. The van der Waals surface area contributed by atoms with Gasteiger partial charge in [-0.3, -0.25) is 0 Å². The molecule has 0 amide bonds. The summed E-state index contributed by atoms with van der Waals surface area (Å²) in [4.78, 5) is 0. The minimum atomic E-state index is 1.04. The highest BCUT2D eigenvalue weighted by Gasteiger charge is 2.54. The Morgan fingerprint density at radius 2 is 1.81 bits per heavy atom. The predicted molar refractivity (Wildman–Crippen MR) is 67.1 cm³/mol. The Hall–Kier alpha value is -0.260. The standard InChI is InChI=1S/C16H24/c1-10-14(11-6-7-11)5-3-2-4-12-8-13-9-15(13)16(10)12/h11-13,15-16H,2-9H2,1H3. The lowest BCUT2D eigenvalue weighted by Gasteiger charge is -2.29. The lowest BCUT2D eigenvalue weighted by molar-refractivity contribution is 0.334. The molecule has 4 unspecified atom stereocenters. The molecule has 4 aliphatic rings. The molecular formula is C16H24. The van der Waals surface area contributed by atoms with E-state index in [2.05, 4.69) is 6.92 Å². The maximum absolute atomic E-state index is 2.51. The molecule has 4 aliphatic carbocycles. The minimum Gasteiger partial charge on any atom is -0.0702 e. The Kier molecular flexibility index (Phi) is 2.05. The van der Waals surface area contributed by atoms with Crippen LogP contribution in [0.5, 0.6) is 0 Å². The molecule has 0 heteroatoms. The normalized spacial score (nSPS) is 47.1. The highest BCUT2D eigenvalue weighted by molar-refractivity contribution is 5.27. The Morgan fingerprint density at radius 3 is 2.62 bits per heavy atom. The van der Waals surface area contributed by atoms with Gasteiger partial charge in [0.15, 0.2) is 0 Å². The van der Waals surface area contributed by atoms with Crippen molar-refractivity contribution in [3.63, 3.8) is 0 Å². The van der Waals surface area contributed by atoms with Gasteiger partial charge in [0.1, 0.15) is 0 Å². The van der Waals surface area contributed by atoms with Gasteiger partial charge in [0, 0.05) is 0 Å². The third-order valence-electron chi connectivity index (χ3n) is 5.90. The van der Waals surface area contributed by atoms with E-state index in [4.69, 9.17) is 0 Å². The van der Waals surface area contributed by atoms with Crippen molar-refractivity contribution in [1.82, 2.24) is 0 Å². The van der Waals surface area contributed by atoms with Crippen molar-refractivity contribution in [3.05, 3.63) is 11.1 Å². The lowest BCUT2D eigenvalue weighted by atomic mass is 9.77. The smallest absolute Gasteiger partial charge is 0.0144 e. The van der Waals surface area contributed by atoms with Gasteiger partial charge in [0.2, 0.25) is 0 Å². The minimum absolute atomic E-state index is 1.04. The quantitative estimate of drug-likeness (QED) is 0.564. The molecule has 0 spiro atoms. The van der Waals surface area contributed by atoms with Gasteiger partial charge in [-0.2, -0.15) is 0 Å². The first-order valence-corrected chi connectivity index (χ1v) is 7.54. The number of rotatable bonds is 1. The summed E-state index contributed by atoms with van der Waals surface area (Å²) in [6.45, 7) is 2.51. The fourth-order valence-corrected chi connectivity index (χ4v) is 4.93. The van der Waals surface area contributed by atoms with Gasteiger partial charge in [-0.15, -0.1) is 0 Å². The van der Waals surface area contributed by atoms with Crippen molar-refractivity contribution < 1.29 is 0 Å². The SMILES string of the molecule is CC1=C(C2CC2)CCCCC2CC3CC3C12. The molecule has 16 heavy (non-hydrogen) atoms. The number of hydrogen-bond acceptors (Lipinski definition) is 0. The van der Waals surface area contributed by atoms with Crippen molar-refractivity contribution in [3.8, 4) is 0 Å². The summed E-state index contributed by atoms with van der Waals surface area (Å²) in [7, 11) is 0. The Bertz CT molecular complexity index is 334. The average Bonchev–Trinajstić information content (AvgIpc) is 3.15. The molecule has 3 saturated carbocycles. The number of allylic oxidation sites excluding steroid dienone is 2. The van der Waals surface area contributed by atoms with Gasteiger partial charge in [0.25, 0.3) is 0 Å². The molecular weight excluding hydrogens is 192 g/mol. The van der Waals surface area contributed by atoms with Crippen LogP contribution in [0.4, 0.5) is 0 Å². The highest BCUT2D eigenvalue weighted by atomic mass is 14.6. The van der Waals surface area contributed by atoms with Crippen molar-refractivity contribution in [2.24, 2.45) is 29.6 Å². The van der Waals surface area contributed by atoms with Crippen LogP contribution in [0.3, 0.4) is 0 Å². The third-order valence-corrected chi connectivity index (χ3v) is 5.90. The lowest BCUT2D eigenvalue weighted by Crippen LogP contribution is -2.17. The number of fused-ring (bicyclic) bond motifs is 3. The first kappa shape index (κ1) is 9.74. The summed E-state index contributed by atoms with van der Waals surface area (Å²) in [5, 5.41) is 0. The van der Waals surface area contributed by atoms with Gasteiger partial charge in [0.05, 0.1) is 0 Å². The van der Waals surface area contributed by atoms with Gasteiger partial charge < -0.3 is 0 Å². The fraction of sp³-hybridized carbons (Fsp3) is 0.875. The molecule has 0 heterocycles. The van der Waals surface area contributed by atoms with Crippen LogP contribution >= 0.6 is 0 Å². The van der Waals surface area contributed by atoms with Gasteiger partial charge in [-0.25, -0.2) is 0 Å². The van der Waals surface area contributed by atoms with Crippen LogP contribution in [-0.2, 0) is 0 Å². The largest absolute Gasteiger partial charge is 0.0702 e. The second-order valence-corrected chi connectivity index (χ2v) is 6.91. The summed E-state index contributed by atoms with van der Waals surface area (Å²) < 4.78 is 0. The summed E-state index contributed by atoms with van der Waals surface area (Å²) >= 11 is 0. The van der Waals surface area contributed by atoms with Crippen LogP contribution in [0.15, 0.2) is 11.1 Å². The summed E-state index contributed by atoms with van der Waals surface area (Å²) in [6, 6.07) is 0. The van der Waals surface area contributed by atoms with E-state index in [1.807, 2.05) is 11.1 Å². The van der Waals surface area contributed by atoms with Gasteiger partial charge in [-0.1, -0.05) is 17.6 Å². The molecule has 4 atom stereocenters. The Balaban J connectivity index is 1.69. The van der Waals surface area contributed by atoms with E-state index < -0.39 is 0 Å². The van der Waals surface area contributed by atoms with E-state index in [-0.39, 0.29) is 0 Å². The van der Waals surface area contributed by atoms with E-state index in [9.17, 15) is 0 Å². The maximum atomic E-state index is 2.51. The second-order valence-electron chi connectivity index (χ2n) is 6.91. The molecule has 0 aromatic carbocycles. The molecule has 88 valence electrons. The zero-order valence-corrected chi connectivity index (χ0v) is 10.5. The van der Waals surface area contributed by atoms with E-state index in [1.165, 1.54) is 32.1 Å². The summed E-state index contributed by atoms with van der Waals surface area (Å²) in [5.74, 6) is 5.47. The molecule has 0 aromatic heterocycles. The fourth-order valence-electron chi connectivity index (χ4n) is 4.93. The van der Waals surface area contributed by atoms with Crippen LogP contribution in [0.2, 0.25) is 0 Å².